The maximum atomic E-state index is 13.0. The zero-order valence-electron chi connectivity index (χ0n) is 15.3. The fourth-order valence-corrected chi connectivity index (χ4v) is 6.13. The van der Waals surface area contributed by atoms with Gasteiger partial charge >= 0.3 is 0 Å². The highest BCUT2D eigenvalue weighted by atomic mass is 32.2. The maximum absolute atomic E-state index is 13.0. The van der Waals surface area contributed by atoms with Crippen molar-refractivity contribution in [2.75, 3.05) is 31.1 Å². The van der Waals surface area contributed by atoms with Crippen LogP contribution < -0.4 is 4.90 Å². The van der Waals surface area contributed by atoms with Gasteiger partial charge in [-0.25, -0.2) is 8.42 Å². The van der Waals surface area contributed by atoms with E-state index in [-0.39, 0.29) is 0 Å². The van der Waals surface area contributed by atoms with Gasteiger partial charge in [0.2, 0.25) is 0 Å². The molecule has 3 heterocycles. The van der Waals surface area contributed by atoms with Gasteiger partial charge in [-0.15, -0.1) is 11.3 Å². The Morgan fingerprint density at radius 1 is 1.04 bits per heavy atom. The van der Waals surface area contributed by atoms with Crippen molar-refractivity contribution in [1.29, 1.82) is 0 Å². The molecule has 0 bridgehead atoms. The van der Waals surface area contributed by atoms with E-state index in [9.17, 15) is 8.42 Å². The molecule has 1 aliphatic rings. The van der Waals surface area contributed by atoms with Crippen LogP contribution in [0.5, 0.6) is 0 Å². The molecule has 0 radical (unpaired) electrons. The van der Waals surface area contributed by atoms with Gasteiger partial charge in [0.1, 0.15) is 4.21 Å². The number of aryl methyl sites for hydroxylation is 2. The Bertz CT molecular complexity index is 1030. The lowest BCUT2D eigenvalue weighted by Crippen LogP contribution is -2.48. The Morgan fingerprint density at radius 2 is 1.81 bits per heavy atom. The number of benzene rings is 1. The predicted octanol–water partition coefficient (Wildman–Crippen LogP) is 3.53. The van der Waals surface area contributed by atoms with E-state index >= 15 is 0 Å². The van der Waals surface area contributed by atoms with Crippen molar-refractivity contribution in [2.45, 2.75) is 18.1 Å². The van der Waals surface area contributed by atoms with Gasteiger partial charge in [-0.1, -0.05) is 17.3 Å². The van der Waals surface area contributed by atoms with Gasteiger partial charge in [0, 0.05) is 37.9 Å². The first-order valence-corrected chi connectivity index (χ1v) is 11.0. The third-order valence-electron chi connectivity index (χ3n) is 4.80. The molecular formula is C19H21N3O3S2. The minimum absolute atomic E-state index is 0.342. The van der Waals surface area contributed by atoms with Gasteiger partial charge < -0.3 is 9.42 Å². The SMILES string of the molecule is Cc1ccc(C)c(N2CCN(S(=O)(=O)c3ccc(-c4ccno4)s3)CC2)c1. The quantitative estimate of drug-likeness (QED) is 0.667. The lowest BCUT2D eigenvalue weighted by Gasteiger charge is -2.36. The number of hydrogen-bond donors (Lipinski definition) is 0. The van der Waals surface area contributed by atoms with Crippen LogP contribution in [0.25, 0.3) is 10.6 Å². The first-order valence-electron chi connectivity index (χ1n) is 8.78. The lowest BCUT2D eigenvalue weighted by molar-refractivity contribution is 0.385. The predicted molar refractivity (Wildman–Crippen MR) is 107 cm³/mol. The molecule has 0 amide bonds. The summed E-state index contributed by atoms with van der Waals surface area (Å²) in [5.41, 5.74) is 3.62. The summed E-state index contributed by atoms with van der Waals surface area (Å²) in [7, 11) is -3.49. The van der Waals surface area contributed by atoms with E-state index in [1.807, 2.05) is 0 Å². The number of hydrogen-bond acceptors (Lipinski definition) is 6. The summed E-state index contributed by atoms with van der Waals surface area (Å²) >= 11 is 1.22. The van der Waals surface area contributed by atoms with Crippen molar-refractivity contribution >= 4 is 27.0 Å². The molecule has 8 heteroatoms. The molecule has 142 valence electrons. The topological polar surface area (TPSA) is 66.7 Å². The molecule has 2 aromatic heterocycles. The van der Waals surface area contributed by atoms with Crippen LogP contribution in [0.3, 0.4) is 0 Å². The highest BCUT2D eigenvalue weighted by Crippen LogP contribution is 2.33. The second kappa shape index (κ2) is 7.10. The van der Waals surface area contributed by atoms with Crippen LogP contribution in [0.2, 0.25) is 0 Å². The van der Waals surface area contributed by atoms with Crippen LogP contribution in [0.1, 0.15) is 11.1 Å². The standard InChI is InChI=1S/C19H21N3O3S2/c1-14-3-4-15(2)16(13-14)21-9-11-22(12-10-21)27(23,24)19-6-5-18(26-19)17-7-8-20-25-17/h3-8,13H,9-12H2,1-2H3. The van der Waals surface area contributed by atoms with Crippen molar-refractivity contribution in [3.8, 4) is 10.6 Å². The molecule has 0 N–H and O–H groups in total. The first kappa shape index (κ1) is 18.2. The third-order valence-corrected chi connectivity index (χ3v) is 8.27. The average Bonchev–Trinajstić information content (AvgIpc) is 3.35. The molecule has 1 aromatic carbocycles. The van der Waals surface area contributed by atoms with Gasteiger partial charge in [-0.3, -0.25) is 0 Å². The Hall–Kier alpha value is -2.16. The van der Waals surface area contributed by atoms with Crippen molar-refractivity contribution in [1.82, 2.24) is 9.46 Å². The molecule has 0 atom stereocenters. The fraction of sp³-hybridized carbons (Fsp3) is 0.316. The number of nitrogens with zero attached hydrogens (tertiary/aromatic N) is 3. The highest BCUT2D eigenvalue weighted by Gasteiger charge is 2.30. The minimum Gasteiger partial charge on any atom is -0.369 e. The van der Waals surface area contributed by atoms with Crippen LogP contribution in [-0.2, 0) is 10.0 Å². The van der Waals surface area contributed by atoms with E-state index in [2.05, 4.69) is 42.1 Å². The van der Waals surface area contributed by atoms with Crippen LogP contribution in [-0.4, -0.2) is 44.1 Å². The third kappa shape index (κ3) is 3.52. The van der Waals surface area contributed by atoms with Crippen molar-refractivity contribution in [3.63, 3.8) is 0 Å². The molecule has 1 aliphatic heterocycles. The molecule has 4 rings (SSSR count). The largest absolute Gasteiger partial charge is 0.369 e. The van der Waals surface area contributed by atoms with Crippen LogP contribution >= 0.6 is 11.3 Å². The fourth-order valence-electron chi connectivity index (χ4n) is 3.29. The Morgan fingerprint density at radius 3 is 2.52 bits per heavy atom. The van der Waals surface area contributed by atoms with E-state index in [0.29, 0.717) is 36.1 Å². The van der Waals surface area contributed by atoms with E-state index in [0.717, 1.165) is 4.88 Å². The molecule has 1 fully saturated rings. The van der Waals surface area contributed by atoms with E-state index in [1.165, 1.54) is 28.2 Å². The number of anilines is 1. The number of rotatable bonds is 4. The smallest absolute Gasteiger partial charge is 0.252 e. The summed E-state index contributed by atoms with van der Waals surface area (Å²) in [6.07, 6.45) is 1.55. The molecule has 0 saturated carbocycles. The lowest BCUT2D eigenvalue weighted by atomic mass is 10.1. The van der Waals surface area contributed by atoms with E-state index < -0.39 is 10.0 Å². The molecule has 0 spiro atoms. The molecule has 0 aliphatic carbocycles. The minimum atomic E-state index is -3.49. The van der Waals surface area contributed by atoms with Gasteiger partial charge in [0.25, 0.3) is 10.0 Å². The van der Waals surface area contributed by atoms with Gasteiger partial charge in [-0.2, -0.15) is 4.31 Å². The van der Waals surface area contributed by atoms with Crippen molar-refractivity contribution in [2.24, 2.45) is 0 Å². The first-order chi connectivity index (χ1) is 12.9. The molecule has 0 unspecified atom stereocenters. The van der Waals surface area contributed by atoms with Crippen LogP contribution in [0.15, 0.2) is 51.3 Å². The summed E-state index contributed by atoms with van der Waals surface area (Å²) in [4.78, 5) is 3.03. The zero-order valence-corrected chi connectivity index (χ0v) is 16.9. The van der Waals surface area contributed by atoms with Crippen molar-refractivity contribution < 1.29 is 12.9 Å². The summed E-state index contributed by atoms with van der Waals surface area (Å²) in [5, 5.41) is 3.68. The van der Waals surface area contributed by atoms with Crippen molar-refractivity contribution in [3.05, 3.63) is 53.7 Å². The maximum Gasteiger partial charge on any atom is 0.252 e. The molecule has 1 saturated heterocycles. The number of piperazine rings is 1. The molecule has 3 aromatic rings. The molecule has 27 heavy (non-hydrogen) atoms. The summed E-state index contributed by atoms with van der Waals surface area (Å²) in [6.45, 7) is 6.49. The van der Waals surface area contributed by atoms with Gasteiger partial charge in [0.05, 0.1) is 11.1 Å². The Balaban J connectivity index is 1.49. The monoisotopic (exact) mass is 403 g/mol. The summed E-state index contributed by atoms with van der Waals surface area (Å²) in [5.74, 6) is 0.584. The summed E-state index contributed by atoms with van der Waals surface area (Å²) < 4.78 is 33.0. The molecule has 6 nitrogen and oxygen atoms in total. The van der Waals surface area contributed by atoms with Crippen LogP contribution in [0, 0.1) is 13.8 Å². The molecular weight excluding hydrogens is 382 g/mol. The number of aromatic nitrogens is 1. The number of sulfonamides is 1. The Kier molecular flexibility index (Phi) is 4.79. The second-order valence-electron chi connectivity index (χ2n) is 6.68. The van der Waals surface area contributed by atoms with Gasteiger partial charge in [0.15, 0.2) is 5.76 Å². The van der Waals surface area contributed by atoms with E-state index in [1.54, 1.807) is 28.7 Å². The number of thiophene rings is 1. The van der Waals surface area contributed by atoms with Crippen LogP contribution in [0.4, 0.5) is 5.69 Å². The second-order valence-corrected chi connectivity index (χ2v) is 9.92. The zero-order chi connectivity index (χ0) is 19.0. The Labute approximate surface area is 163 Å². The summed E-state index contributed by atoms with van der Waals surface area (Å²) in [6, 6.07) is 11.5. The highest BCUT2D eigenvalue weighted by molar-refractivity contribution is 7.91. The average molecular weight is 404 g/mol. The van der Waals surface area contributed by atoms with Gasteiger partial charge in [-0.05, 0) is 43.2 Å². The normalized spacial score (nSPS) is 16.0. The van der Waals surface area contributed by atoms with E-state index in [4.69, 9.17) is 4.52 Å².